The zero-order valence-electron chi connectivity index (χ0n) is 17.6. The number of rotatable bonds is 7. The number of halogens is 1. The fraction of sp³-hybridized carbons (Fsp3) is 0.667. The second kappa shape index (κ2) is 7.92. The van der Waals surface area contributed by atoms with Crippen molar-refractivity contribution in [3.8, 4) is 0 Å². The molecule has 1 aliphatic heterocycles. The van der Waals surface area contributed by atoms with Crippen LogP contribution in [0.3, 0.4) is 0 Å². The van der Waals surface area contributed by atoms with E-state index in [2.05, 4.69) is 6.92 Å². The highest BCUT2D eigenvalue weighted by molar-refractivity contribution is 6.62. The van der Waals surface area contributed by atoms with Crippen LogP contribution in [-0.2, 0) is 25.3 Å². The Balaban J connectivity index is 2.17. The largest absolute Gasteiger partial charge is 0.497 e. The maximum Gasteiger partial charge on any atom is 0.497 e. The summed E-state index contributed by atoms with van der Waals surface area (Å²) >= 11 is 0. The zero-order valence-corrected chi connectivity index (χ0v) is 17.6. The number of ether oxygens (including phenoxy) is 1. The van der Waals surface area contributed by atoms with E-state index in [9.17, 15) is 9.18 Å². The van der Waals surface area contributed by atoms with Crippen LogP contribution in [0.25, 0.3) is 0 Å². The number of hydrogen-bond acceptors (Lipinski definition) is 4. The molecule has 0 saturated carbocycles. The van der Waals surface area contributed by atoms with Gasteiger partial charge in [-0.15, -0.1) is 0 Å². The summed E-state index contributed by atoms with van der Waals surface area (Å²) in [6.07, 6.45) is 2.28. The van der Waals surface area contributed by atoms with Gasteiger partial charge in [0.2, 0.25) is 0 Å². The van der Waals surface area contributed by atoms with Crippen LogP contribution in [0, 0.1) is 11.2 Å². The molecule has 1 saturated heterocycles. The molecule has 1 aromatic rings. The Hall–Kier alpha value is -1.40. The van der Waals surface area contributed by atoms with Crippen molar-refractivity contribution in [2.75, 3.05) is 6.61 Å². The highest BCUT2D eigenvalue weighted by Crippen LogP contribution is 2.36. The van der Waals surface area contributed by atoms with Gasteiger partial charge in [0.1, 0.15) is 5.82 Å². The van der Waals surface area contributed by atoms with E-state index in [-0.39, 0.29) is 11.8 Å². The Morgan fingerprint density at radius 3 is 2.33 bits per heavy atom. The predicted octanol–water partition coefficient (Wildman–Crippen LogP) is 4.04. The summed E-state index contributed by atoms with van der Waals surface area (Å²) in [6.45, 7) is 13.9. The first-order chi connectivity index (χ1) is 12.4. The molecular weight excluding hydrogens is 346 g/mol. The minimum atomic E-state index is -0.769. The lowest BCUT2D eigenvalue weighted by Gasteiger charge is -2.32. The highest BCUT2D eigenvalue weighted by atomic mass is 19.1. The lowest BCUT2D eigenvalue weighted by Crippen LogP contribution is -2.41. The van der Waals surface area contributed by atoms with Gasteiger partial charge in [0, 0.05) is 5.46 Å². The molecule has 2 rings (SSSR count). The van der Waals surface area contributed by atoms with Gasteiger partial charge in [0.25, 0.3) is 0 Å². The van der Waals surface area contributed by atoms with Gasteiger partial charge in [-0.3, -0.25) is 4.79 Å². The molecule has 0 unspecified atom stereocenters. The van der Waals surface area contributed by atoms with Crippen molar-refractivity contribution in [3.05, 3.63) is 29.6 Å². The highest BCUT2D eigenvalue weighted by Gasteiger charge is 2.52. The van der Waals surface area contributed by atoms with E-state index in [1.54, 1.807) is 12.1 Å². The minimum Gasteiger partial charge on any atom is -0.465 e. The summed E-state index contributed by atoms with van der Waals surface area (Å²) in [4.78, 5) is 12.4. The maximum absolute atomic E-state index is 14.5. The van der Waals surface area contributed by atoms with E-state index in [0.29, 0.717) is 18.5 Å². The van der Waals surface area contributed by atoms with Crippen LogP contribution < -0.4 is 5.46 Å². The molecule has 1 aromatic carbocycles. The summed E-state index contributed by atoms with van der Waals surface area (Å²) in [5.41, 5.74) is -0.566. The fourth-order valence-corrected chi connectivity index (χ4v) is 2.94. The van der Waals surface area contributed by atoms with Crippen LogP contribution in [0.1, 0.15) is 66.9 Å². The van der Waals surface area contributed by atoms with Gasteiger partial charge in [0.05, 0.1) is 23.2 Å². The summed E-state index contributed by atoms with van der Waals surface area (Å²) in [5.74, 6) is -0.613. The van der Waals surface area contributed by atoms with Gasteiger partial charge in [-0.2, -0.15) is 0 Å². The standard InChI is InChI=1S/C21H32BFO4/c1-8-9-12-25-18(24)19(2,3)14-15-10-11-17(23)16(13-15)22-26-20(4,5)21(6,7)27-22/h10-11,13H,8-9,12,14H2,1-7H3. The quantitative estimate of drug-likeness (QED) is 0.408. The molecule has 0 bridgehead atoms. The molecular formula is C21H32BFO4. The number of carbonyl (C=O) groups excluding carboxylic acids is 1. The summed E-state index contributed by atoms with van der Waals surface area (Å²) in [6, 6.07) is 4.85. The normalized spacial score (nSPS) is 18.6. The molecule has 150 valence electrons. The Morgan fingerprint density at radius 1 is 1.19 bits per heavy atom. The summed E-state index contributed by atoms with van der Waals surface area (Å²) in [5, 5.41) is 0. The molecule has 0 aliphatic carbocycles. The zero-order chi connectivity index (χ0) is 20.5. The second-order valence-corrected chi connectivity index (χ2v) is 8.99. The Labute approximate surface area is 162 Å². The monoisotopic (exact) mass is 378 g/mol. The van der Waals surface area contributed by atoms with Crippen LogP contribution in [0.5, 0.6) is 0 Å². The van der Waals surface area contributed by atoms with Crippen LogP contribution in [0.15, 0.2) is 18.2 Å². The van der Waals surface area contributed by atoms with E-state index in [0.717, 1.165) is 18.4 Å². The van der Waals surface area contributed by atoms with Crippen molar-refractivity contribution in [1.29, 1.82) is 0 Å². The Bertz CT molecular complexity index is 669. The summed E-state index contributed by atoms with van der Waals surface area (Å²) in [7, 11) is -0.769. The van der Waals surface area contributed by atoms with Gasteiger partial charge in [0.15, 0.2) is 0 Å². The van der Waals surface area contributed by atoms with Crippen LogP contribution >= 0.6 is 0 Å². The first kappa shape index (κ1) is 21.9. The Morgan fingerprint density at radius 2 is 1.78 bits per heavy atom. The number of hydrogen-bond donors (Lipinski definition) is 0. The molecule has 27 heavy (non-hydrogen) atoms. The first-order valence-corrected chi connectivity index (χ1v) is 9.71. The van der Waals surface area contributed by atoms with Gasteiger partial charge in [-0.25, -0.2) is 4.39 Å². The van der Waals surface area contributed by atoms with Gasteiger partial charge in [-0.05, 0) is 66.0 Å². The third-order valence-electron chi connectivity index (χ3n) is 5.50. The molecule has 0 N–H and O–H groups in total. The van der Waals surface area contributed by atoms with E-state index in [1.165, 1.54) is 6.07 Å². The van der Waals surface area contributed by atoms with Crippen molar-refractivity contribution in [2.24, 2.45) is 5.41 Å². The van der Waals surface area contributed by atoms with E-state index < -0.39 is 23.7 Å². The fourth-order valence-electron chi connectivity index (χ4n) is 2.94. The number of esters is 1. The van der Waals surface area contributed by atoms with Crippen molar-refractivity contribution in [2.45, 2.75) is 78.9 Å². The third kappa shape index (κ3) is 4.91. The van der Waals surface area contributed by atoms with E-state index >= 15 is 0 Å². The maximum atomic E-state index is 14.5. The molecule has 0 radical (unpaired) electrons. The van der Waals surface area contributed by atoms with Gasteiger partial charge in [-0.1, -0.05) is 25.5 Å². The first-order valence-electron chi connectivity index (χ1n) is 9.71. The summed E-state index contributed by atoms with van der Waals surface area (Å²) < 4.78 is 31.8. The lowest BCUT2D eigenvalue weighted by molar-refractivity contribution is -0.154. The van der Waals surface area contributed by atoms with Crippen molar-refractivity contribution < 1.29 is 23.2 Å². The molecule has 1 fully saturated rings. The van der Waals surface area contributed by atoms with Crippen molar-refractivity contribution >= 4 is 18.6 Å². The molecule has 0 spiro atoms. The lowest BCUT2D eigenvalue weighted by atomic mass is 9.76. The molecule has 4 nitrogen and oxygen atoms in total. The van der Waals surface area contributed by atoms with Gasteiger partial charge >= 0.3 is 13.1 Å². The van der Waals surface area contributed by atoms with Crippen LogP contribution in [-0.4, -0.2) is 30.9 Å². The molecule has 1 aliphatic rings. The smallest absolute Gasteiger partial charge is 0.465 e. The van der Waals surface area contributed by atoms with Crippen LogP contribution in [0.4, 0.5) is 4.39 Å². The molecule has 1 heterocycles. The topological polar surface area (TPSA) is 44.8 Å². The van der Waals surface area contributed by atoms with Crippen molar-refractivity contribution in [3.63, 3.8) is 0 Å². The average Bonchev–Trinajstić information content (AvgIpc) is 2.77. The van der Waals surface area contributed by atoms with Gasteiger partial charge < -0.3 is 14.0 Å². The third-order valence-corrected chi connectivity index (χ3v) is 5.50. The average molecular weight is 378 g/mol. The number of carbonyl (C=O) groups is 1. The minimum absolute atomic E-state index is 0.238. The molecule has 0 aromatic heterocycles. The number of benzene rings is 1. The second-order valence-electron chi connectivity index (χ2n) is 8.99. The van der Waals surface area contributed by atoms with Crippen LogP contribution in [0.2, 0.25) is 0 Å². The van der Waals surface area contributed by atoms with Crippen molar-refractivity contribution in [1.82, 2.24) is 0 Å². The molecule has 0 amide bonds. The molecule has 6 heteroatoms. The molecule has 0 atom stereocenters. The van der Waals surface area contributed by atoms with E-state index in [1.807, 2.05) is 41.5 Å². The SMILES string of the molecule is CCCCOC(=O)C(C)(C)Cc1ccc(F)c(B2OC(C)(C)C(C)(C)O2)c1. The Kier molecular flexibility index (Phi) is 6.42. The number of unbranched alkanes of at least 4 members (excludes halogenated alkanes) is 1. The predicted molar refractivity (Wildman–Crippen MR) is 105 cm³/mol. The van der Waals surface area contributed by atoms with E-state index in [4.69, 9.17) is 14.0 Å².